The molecule has 3 aliphatic heterocycles. The lowest BCUT2D eigenvalue weighted by Crippen LogP contribution is -2.46. The Kier molecular flexibility index (Phi) is 4.20. The first-order valence-electron chi connectivity index (χ1n) is 9.29. The van der Waals surface area contributed by atoms with Gasteiger partial charge in [-0.25, -0.2) is 4.90 Å². The first-order valence-corrected chi connectivity index (χ1v) is 10.1. The number of hydrogen-bond donors (Lipinski definition) is 0. The van der Waals surface area contributed by atoms with E-state index in [0.717, 1.165) is 4.47 Å². The predicted molar refractivity (Wildman–Crippen MR) is 111 cm³/mol. The van der Waals surface area contributed by atoms with Gasteiger partial charge in [0, 0.05) is 16.3 Å². The van der Waals surface area contributed by atoms with Crippen molar-refractivity contribution >= 4 is 45.4 Å². The molecule has 2 fully saturated rings. The number of hydrazone groups is 1. The Hall–Kier alpha value is -3.06. The third kappa shape index (κ3) is 2.68. The maximum absolute atomic E-state index is 13.4. The Morgan fingerprint density at radius 2 is 1.72 bits per heavy atom. The largest absolute Gasteiger partial charge is 0.292 e. The van der Waals surface area contributed by atoms with Gasteiger partial charge in [-0.3, -0.25) is 19.4 Å². The van der Waals surface area contributed by atoms with Crippen LogP contribution in [-0.4, -0.2) is 40.9 Å². The van der Waals surface area contributed by atoms with Gasteiger partial charge in [-0.15, -0.1) is 0 Å². The minimum atomic E-state index is -0.817. The first kappa shape index (κ1) is 18.0. The molecule has 0 unspecified atom stereocenters. The fourth-order valence-corrected chi connectivity index (χ4v) is 4.87. The molecule has 0 radical (unpaired) electrons. The van der Waals surface area contributed by atoms with Gasteiger partial charge in [-0.05, 0) is 24.3 Å². The minimum absolute atomic E-state index is 0.201. The zero-order valence-electron chi connectivity index (χ0n) is 15.2. The average molecular weight is 450 g/mol. The van der Waals surface area contributed by atoms with Gasteiger partial charge in [0.1, 0.15) is 6.04 Å². The number of fused-ring (bicyclic) bond motifs is 3. The maximum Gasteiger partial charge on any atom is 0.240 e. The lowest BCUT2D eigenvalue weighted by molar-refractivity contribution is -0.123. The van der Waals surface area contributed by atoms with Crippen LogP contribution in [0.3, 0.4) is 0 Å². The van der Waals surface area contributed by atoms with E-state index < -0.39 is 23.9 Å². The second-order valence-corrected chi connectivity index (χ2v) is 8.15. The second kappa shape index (κ2) is 6.77. The van der Waals surface area contributed by atoms with E-state index in [-0.39, 0.29) is 17.6 Å². The number of allylic oxidation sites excluding steroid dienone is 1. The van der Waals surface area contributed by atoms with Gasteiger partial charge in [-0.2, -0.15) is 5.10 Å². The van der Waals surface area contributed by atoms with Crippen molar-refractivity contribution in [3.05, 3.63) is 76.8 Å². The molecule has 144 valence electrons. The van der Waals surface area contributed by atoms with Crippen molar-refractivity contribution in [3.8, 4) is 0 Å². The monoisotopic (exact) mass is 449 g/mol. The molecular formula is C22H16BrN3O3. The van der Waals surface area contributed by atoms with Crippen molar-refractivity contribution < 1.29 is 14.4 Å². The number of rotatable bonds is 3. The van der Waals surface area contributed by atoms with E-state index in [1.807, 2.05) is 18.2 Å². The van der Waals surface area contributed by atoms with Gasteiger partial charge < -0.3 is 0 Å². The maximum atomic E-state index is 13.4. The number of hydrogen-bond acceptors (Lipinski definition) is 5. The van der Waals surface area contributed by atoms with Crippen LogP contribution in [0.4, 0.5) is 5.69 Å². The number of carbonyl (C=O) groups excluding carboxylic acids is 3. The van der Waals surface area contributed by atoms with Crippen molar-refractivity contribution in [2.45, 2.75) is 12.1 Å². The molecule has 0 bridgehead atoms. The van der Waals surface area contributed by atoms with Crippen molar-refractivity contribution in [2.75, 3.05) is 4.90 Å². The van der Waals surface area contributed by atoms with Gasteiger partial charge >= 0.3 is 0 Å². The molecule has 4 atom stereocenters. The summed E-state index contributed by atoms with van der Waals surface area (Å²) >= 11 is 3.39. The molecule has 0 aromatic heterocycles. The summed E-state index contributed by atoms with van der Waals surface area (Å²) in [4.78, 5) is 41.4. The summed E-state index contributed by atoms with van der Waals surface area (Å²) in [7, 11) is 0. The smallest absolute Gasteiger partial charge is 0.240 e. The molecule has 2 aromatic carbocycles. The molecule has 2 amide bonds. The number of benzene rings is 2. The Labute approximate surface area is 175 Å². The van der Waals surface area contributed by atoms with E-state index in [2.05, 4.69) is 21.0 Å². The molecule has 5 rings (SSSR count). The molecule has 29 heavy (non-hydrogen) atoms. The zero-order chi connectivity index (χ0) is 20.1. The Morgan fingerprint density at radius 3 is 2.48 bits per heavy atom. The van der Waals surface area contributed by atoms with Crippen LogP contribution in [0, 0.1) is 11.8 Å². The highest BCUT2D eigenvalue weighted by Crippen LogP contribution is 2.46. The van der Waals surface area contributed by atoms with Crippen LogP contribution in [0.25, 0.3) is 0 Å². The summed E-state index contributed by atoms with van der Waals surface area (Å²) in [6.07, 6.45) is 5.19. The summed E-state index contributed by atoms with van der Waals surface area (Å²) in [5.74, 6) is -2.27. The van der Waals surface area contributed by atoms with Crippen LogP contribution in [-0.2, 0) is 9.59 Å². The highest BCUT2D eigenvalue weighted by Gasteiger charge is 2.64. The normalized spacial score (nSPS) is 27.3. The van der Waals surface area contributed by atoms with Crippen LogP contribution >= 0.6 is 15.9 Å². The van der Waals surface area contributed by atoms with Gasteiger partial charge in [0.2, 0.25) is 11.8 Å². The fourth-order valence-electron chi connectivity index (χ4n) is 4.48. The van der Waals surface area contributed by atoms with Crippen LogP contribution in [0.1, 0.15) is 10.4 Å². The molecule has 3 aliphatic rings. The Morgan fingerprint density at radius 1 is 0.966 bits per heavy atom. The average Bonchev–Trinajstić information content (AvgIpc) is 3.21. The van der Waals surface area contributed by atoms with Crippen LogP contribution in [0.5, 0.6) is 0 Å². The van der Waals surface area contributed by atoms with Crippen molar-refractivity contribution in [2.24, 2.45) is 16.9 Å². The van der Waals surface area contributed by atoms with Gasteiger partial charge in [0.05, 0.1) is 23.6 Å². The minimum Gasteiger partial charge on any atom is -0.292 e. The molecule has 2 aromatic rings. The number of carbonyl (C=O) groups is 3. The lowest BCUT2D eigenvalue weighted by Gasteiger charge is -2.30. The summed E-state index contributed by atoms with van der Waals surface area (Å²) in [6.45, 7) is 0. The Bertz CT molecular complexity index is 1080. The van der Waals surface area contributed by atoms with Gasteiger partial charge in [-0.1, -0.05) is 58.4 Å². The van der Waals surface area contributed by atoms with Gasteiger partial charge in [0.15, 0.2) is 5.78 Å². The molecule has 6 nitrogen and oxygen atoms in total. The number of amides is 2. The lowest BCUT2D eigenvalue weighted by atomic mass is 9.86. The molecule has 0 N–H and O–H groups in total. The van der Waals surface area contributed by atoms with Crippen LogP contribution < -0.4 is 4.90 Å². The van der Waals surface area contributed by atoms with E-state index >= 15 is 0 Å². The summed E-state index contributed by atoms with van der Waals surface area (Å²) in [5, 5.41) is 5.98. The standard InChI is InChI=1S/C22H16BrN3O3/c23-14-8-4-9-15(12-14)25-21(28)17-16-10-5-11-24-26(16)19(18(17)22(25)29)20(27)13-6-2-1-3-7-13/h1-12,16-19H/t16-,17-,18-,19+/m0/s1. The molecule has 0 spiro atoms. The number of anilines is 1. The van der Waals surface area contributed by atoms with E-state index in [1.165, 1.54) is 4.90 Å². The summed E-state index contributed by atoms with van der Waals surface area (Å²) in [5.41, 5.74) is 1.01. The molecular weight excluding hydrogens is 434 g/mol. The van der Waals surface area contributed by atoms with E-state index in [9.17, 15) is 14.4 Å². The van der Waals surface area contributed by atoms with Crippen molar-refractivity contribution in [1.29, 1.82) is 0 Å². The molecule has 7 heteroatoms. The summed E-state index contributed by atoms with van der Waals surface area (Å²) in [6, 6.07) is 14.7. The fraction of sp³-hybridized carbons (Fsp3) is 0.182. The van der Waals surface area contributed by atoms with E-state index in [4.69, 9.17) is 0 Å². The highest BCUT2D eigenvalue weighted by molar-refractivity contribution is 9.10. The molecule has 2 saturated heterocycles. The third-order valence-electron chi connectivity index (χ3n) is 5.68. The Balaban J connectivity index is 1.59. The van der Waals surface area contributed by atoms with Gasteiger partial charge in [0.25, 0.3) is 0 Å². The van der Waals surface area contributed by atoms with Crippen molar-refractivity contribution in [1.82, 2.24) is 5.01 Å². The predicted octanol–water partition coefficient (Wildman–Crippen LogP) is 3.05. The second-order valence-electron chi connectivity index (χ2n) is 7.24. The molecule has 0 aliphatic carbocycles. The van der Waals surface area contributed by atoms with Crippen LogP contribution in [0.15, 0.2) is 76.3 Å². The van der Waals surface area contributed by atoms with Crippen molar-refractivity contribution in [3.63, 3.8) is 0 Å². The number of halogens is 1. The van der Waals surface area contributed by atoms with E-state index in [1.54, 1.807) is 59.8 Å². The SMILES string of the molecule is O=C(c1ccccc1)[C@H]1[C@H]2C(=O)N(c3cccc(Br)c3)C(=O)[C@H]2[C@@H]2C=CC=NN21. The summed E-state index contributed by atoms with van der Waals surface area (Å²) < 4.78 is 0.772. The van der Waals surface area contributed by atoms with Crippen LogP contribution in [0.2, 0.25) is 0 Å². The number of Topliss-reactive ketones (excluding diaryl/α,β-unsaturated/α-hetero) is 1. The number of ketones is 1. The zero-order valence-corrected chi connectivity index (χ0v) is 16.8. The number of nitrogens with zero attached hydrogens (tertiary/aromatic N) is 3. The highest BCUT2D eigenvalue weighted by atomic mass is 79.9. The molecule has 0 saturated carbocycles. The molecule has 3 heterocycles. The third-order valence-corrected chi connectivity index (χ3v) is 6.18. The quantitative estimate of drug-likeness (QED) is 0.533. The first-order chi connectivity index (χ1) is 14.1. The topological polar surface area (TPSA) is 70.0 Å². The van der Waals surface area contributed by atoms with E-state index in [0.29, 0.717) is 11.3 Å². The number of imide groups is 1.